The molecule has 0 radical (unpaired) electrons. The minimum atomic E-state index is -2.28. The molecule has 0 amide bonds. The van der Waals surface area contributed by atoms with Gasteiger partial charge in [-0.25, -0.2) is 0 Å². The van der Waals surface area contributed by atoms with E-state index in [-0.39, 0.29) is 22.5 Å². The summed E-state index contributed by atoms with van der Waals surface area (Å²) < 4.78 is 13.5. The Balaban J connectivity index is 3.15. The number of carbonyl (C=O) groups is 1. The number of aliphatic hydroxyl groups excluding tert-OH is 1. The van der Waals surface area contributed by atoms with Gasteiger partial charge >= 0.3 is 0 Å². The lowest BCUT2D eigenvalue weighted by molar-refractivity contribution is -0.134. The van der Waals surface area contributed by atoms with Crippen molar-refractivity contribution in [3.8, 4) is 0 Å². The number of hydrogen-bond acceptors (Lipinski definition) is 4. The highest BCUT2D eigenvalue weighted by atomic mass is 79.9. The van der Waals surface area contributed by atoms with Gasteiger partial charge in [-0.1, -0.05) is 69.6 Å². The second-order valence-electron chi connectivity index (χ2n) is 10.8. The lowest BCUT2D eigenvalue weighted by Gasteiger charge is -2.40. The lowest BCUT2D eigenvalue weighted by Crippen LogP contribution is -2.50. The Kier molecular flexibility index (Phi) is 8.70. The quantitative estimate of drug-likeness (QED) is 0.414. The Morgan fingerprint density at radius 2 is 1.41 bits per heavy atom. The molecule has 0 unspecified atom stereocenters. The summed E-state index contributed by atoms with van der Waals surface area (Å²) in [5, 5.41) is 11.0. The number of rotatable bonds is 8. The van der Waals surface area contributed by atoms with Gasteiger partial charge in [0.15, 0.2) is 22.4 Å². The normalized spacial score (nSPS) is 15.9. The molecular weight excluding hydrogens is 464 g/mol. The molecule has 0 aliphatic heterocycles. The lowest BCUT2D eigenvalue weighted by atomic mass is 10.0. The summed E-state index contributed by atoms with van der Waals surface area (Å²) in [4.78, 5) is 13.2. The molecule has 2 atom stereocenters. The predicted molar refractivity (Wildman–Crippen MR) is 129 cm³/mol. The van der Waals surface area contributed by atoms with E-state index in [1.54, 1.807) is 0 Å². The van der Waals surface area contributed by atoms with Gasteiger partial charge in [0.05, 0.1) is 6.61 Å². The highest BCUT2D eigenvalue weighted by Gasteiger charge is 2.44. The molecule has 0 spiro atoms. The molecule has 0 aromatic heterocycles. The van der Waals surface area contributed by atoms with E-state index in [2.05, 4.69) is 83.7 Å². The van der Waals surface area contributed by atoms with Crippen LogP contribution in [0.25, 0.3) is 0 Å². The molecule has 1 aromatic rings. The SMILES string of the molecule is CC(C)(C)[Si](C)(C)OCC(=O)[C@H](O[Si](C)(C)C(C)(C)C)[C@@H](O)c1ccc(Br)cc1. The summed E-state index contributed by atoms with van der Waals surface area (Å²) in [6, 6.07) is 7.36. The third-order valence-corrected chi connectivity index (χ3v) is 15.9. The van der Waals surface area contributed by atoms with Crippen molar-refractivity contribution in [1.82, 2.24) is 0 Å². The number of ketones is 1. The van der Waals surface area contributed by atoms with Crippen LogP contribution in [-0.2, 0) is 13.6 Å². The minimum Gasteiger partial charge on any atom is -0.409 e. The predicted octanol–water partition coefficient (Wildman–Crippen LogP) is 6.46. The number of Topliss-reactive ketones (excluding diaryl/α,β-unsaturated/α-hetero) is 1. The van der Waals surface area contributed by atoms with E-state index >= 15 is 0 Å². The average molecular weight is 504 g/mol. The fourth-order valence-electron chi connectivity index (χ4n) is 2.19. The van der Waals surface area contributed by atoms with E-state index in [4.69, 9.17) is 8.85 Å². The van der Waals surface area contributed by atoms with Crippen molar-refractivity contribution in [1.29, 1.82) is 0 Å². The third-order valence-electron chi connectivity index (χ3n) is 6.42. The largest absolute Gasteiger partial charge is 0.409 e. The molecule has 0 saturated carbocycles. The number of aliphatic hydroxyl groups is 1. The summed E-state index contributed by atoms with van der Waals surface area (Å²) in [7, 11) is -4.37. The van der Waals surface area contributed by atoms with Gasteiger partial charge in [0.1, 0.15) is 12.2 Å². The van der Waals surface area contributed by atoms with Crippen LogP contribution in [0.4, 0.5) is 0 Å². The van der Waals surface area contributed by atoms with E-state index in [1.165, 1.54) is 0 Å². The fraction of sp³-hybridized carbons (Fsp3) is 0.682. The van der Waals surface area contributed by atoms with Crippen molar-refractivity contribution in [3.63, 3.8) is 0 Å². The standard InChI is InChI=1S/C22H39BrO4Si2/c1-21(2,3)28(7,8)26-15-18(24)20(27-29(9,10)22(4,5)6)19(25)16-11-13-17(23)14-12-16/h11-14,19-20,25H,15H2,1-10H3/t19-,20-/m0/s1. The first-order valence-corrected chi connectivity index (χ1v) is 16.8. The zero-order valence-corrected chi connectivity index (χ0v) is 23.3. The van der Waals surface area contributed by atoms with E-state index in [1.807, 2.05) is 24.3 Å². The van der Waals surface area contributed by atoms with Crippen LogP contribution in [0.3, 0.4) is 0 Å². The van der Waals surface area contributed by atoms with E-state index in [9.17, 15) is 9.90 Å². The van der Waals surface area contributed by atoms with Crippen LogP contribution in [0.5, 0.6) is 0 Å². The molecule has 0 aliphatic rings. The summed E-state index contributed by atoms with van der Waals surface area (Å²) >= 11 is 3.41. The molecule has 29 heavy (non-hydrogen) atoms. The molecule has 0 bridgehead atoms. The first-order valence-electron chi connectivity index (χ1n) is 10.2. The molecule has 0 aliphatic carbocycles. The smallest absolute Gasteiger partial charge is 0.193 e. The summed E-state index contributed by atoms with van der Waals surface area (Å²) in [5.74, 6) is -0.199. The van der Waals surface area contributed by atoms with Gasteiger partial charge in [-0.05, 0) is 54.0 Å². The van der Waals surface area contributed by atoms with Crippen molar-refractivity contribution in [3.05, 3.63) is 34.3 Å². The molecular formula is C22H39BrO4Si2. The molecule has 4 nitrogen and oxygen atoms in total. The summed E-state index contributed by atoms with van der Waals surface area (Å²) in [6.45, 7) is 21.2. The van der Waals surface area contributed by atoms with Crippen molar-refractivity contribution in [2.45, 2.75) is 90.0 Å². The number of hydrogen-bond donors (Lipinski definition) is 1. The Labute approximate surface area is 187 Å². The van der Waals surface area contributed by atoms with Crippen molar-refractivity contribution in [2.75, 3.05) is 6.61 Å². The van der Waals surface area contributed by atoms with Crippen molar-refractivity contribution < 1.29 is 18.8 Å². The maximum absolute atomic E-state index is 13.2. The molecule has 0 fully saturated rings. The average Bonchev–Trinajstić information content (AvgIpc) is 2.55. The van der Waals surface area contributed by atoms with E-state index < -0.39 is 28.8 Å². The number of benzene rings is 1. The monoisotopic (exact) mass is 502 g/mol. The van der Waals surface area contributed by atoms with Gasteiger partial charge in [-0.3, -0.25) is 4.79 Å². The Hall–Kier alpha value is -0.316. The second-order valence-corrected chi connectivity index (χ2v) is 21.3. The van der Waals surface area contributed by atoms with Crippen LogP contribution in [0.2, 0.25) is 36.3 Å². The summed E-state index contributed by atoms with van der Waals surface area (Å²) in [5.41, 5.74) is 0.664. The topological polar surface area (TPSA) is 55.8 Å². The molecule has 0 saturated heterocycles. The molecule has 1 aromatic carbocycles. The first kappa shape index (κ1) is 26.7. The van der Waals surface area contributed by atoms with Gasteiger partial charge < -0.3 is 14.0 Å². The van der Waals surface area contributed by atoms with Crippen LogP contribution in [0, 0.1) is 0 Å². The van der Waals surface area contributed by atoms with Crippen LogP contribution in [-0.4, -0.2) is 40.2 Å². The summed E-state index contributed by atoms with van der Waals surface area (Å²) in [6.07, 6.45) is -1.98. The highest BCUT2D eigenvalue weighted by molar-refractivity contribution is 9.10. The minimum absolute atomic E-state index is 0.00733. The Morgan fingerprint density at radius 1 is 0.966 bits per heavy atom. The zero-order valence-electron chi connectivity index (χ0n) is 19.7. The van der Waals surface area contributed by atoms with Crippen LogP contribution >= 0.6 is 15.9 Å². The van der Waals surface area contributed by atoms with E-state index in [0.717, 1.165) is 4.47 Å². The van der Waals surface area contributed by atoms with Crippen LogP contribution in [0.1, 0.15) is 53.2 Å². The van der Waals surface area contributed by atoms with Gasteiger partial charge in [-0.15, -0.1) is 0 Å². The highest BCUT2D eigenvalue weighted by Crippen LogP contribution is 2.40. The third kappa shape index (κ3) is 7.11. The maximum atomic E-state index is 13.2. The van der Waals surface area contributed by atoms with Crippen molar-refractivity contribution >= 4 is 38.3 Å². The van der Waals surface area contributed by atoms with Gasteiger partial charge in [0.25, 0.3) is 0 Å². The fourth-order valence-corrected chi connectivity index (χ4v) is 4.63. The van der Waals surface area contributed by atoms with E-state index in [0.29, 0.717) is 5.56 Å². The van der Waals surface area contributed by atoms with Gasteiger partial charge in [0.2, 0.25) is 0 Å². The zero-order chi connectivity index (χ0) is 22.8. The van der Waals surface area contributed by atoms with Crippen molar-refractivity contribution in [2.24, 2.45) is 0 Å². The molecule has 7 heteroatoms. The van der Waals surface area contributed by atoms with Gasteiger partial charge in [-0.2, -0.15) is 0 Å². The Bertz CT molecular complexity index is 688. The van der Waals surface area contributed by atoms with Gasteiger partial charge in [0, 0.05) is 4.47 Å². The molecule has 1 rings (SSSR count). The molecule has 1 N–H and O–H groups in total. The van der Waals surface area contributed by atoms with Crippen LogP contribution in [0.15, 0.2) is 28.7 Å². The first-order chi connectivity index (χ1) is 12.9. The maximum Gasteiger partial charge on any atom is 0.193 e. The second kappa shape index (κ2) is 9.44. The number of halogens is 1. The molecule has 0 heterocycles. The van der Waals surface area contributed by atoms with Crippen LogP contribution < -0.4 is 0 Å². The Morgan fingerprint density at radius 3 is 1.83 bits per heavy atom. The molecule has 166 valence electrons. The number of carbonyl (C=O) groups excluding carboxylic acids is 1.